The van der Waals surface area contributed by atoms with Crippen molar-refractivity contribution in [1.29, 1.82) is 0 Å². The molecule has 3 rings (SSSR count). The smallest absolute Gasteiger partial charge is 0.137 e. The Morgan fingerprint density at radius 2 is 1.57 bits per heavy atom. The van der Waals surface area contributed by atoms with Crippen molar-refractivity contribution in [3.63, 3.8) is 0 Å². The molecule has 0 bridgehead atoms. The van der Waals surface area contributed by atoms with Crippen LogP contribution in [0.15, 0.2) is 54.6 Å². The molecule has 1 fully saturated rings. The van der Waals surface area contributed by atoms with Crippen LogP contribution < -0.4 is 4.74 Å². The Labute approximate surface area is 138 Å². The zero-order valence-electron chi connectivity index (χ0n) is 13.8. The van der Waals surface area contributed by atoms with Crippen molar-refractivity contribution in [2.45, 2.75) is 18.9 Å². The van der Waals surface area contributed by atoms with E-state index in [-0.39, 0.29) is 0 Å². The van der Waals surface area contributed by atoms with Gasteiger partial charge in [0.2, 0.25) is 0 Å². The molecule has 3 nitrogen and oxygen atoms in total. The predicted octanol–water partition coefficient (Wildman–Crippen LogP) is 3.33. The fourth-order valence-corrected chi connectivity index (χ4v) is 3.41. The van der Waals surface area contributed by atoms with Crippen LogP contribution in [-0.2, 0) is 0 Å². The first kappa shape index (κ1) is 16.0. The summed E-state index contributed by atoms with van der Waals surface area (Å²) in [5, 5.41) is 10.2. The van der Waals surface area contributed by atoms with Crippen molar-refractivity contribution in [1.82, 2.24) is 0 Å². The van der Waals surface area contributed by atoms with Crippen LogP contribution >= 0.6 is 0 Å². The maximum absolute atomic E-state index is 10.2. The number of hydrogen-bond donors (Lipinski definition) is 1. The number of benzene rings is 2. The summed E-state index contributed by atoms with van der Waals surface area (Å²) >= 11 is 0. The lowest BCUT2D eigenvalue weighted by Gasteiger charge is -2.31. The maximum atomic E-state index is 10.2. The van der Waals surface area contributed by atoms with E-state index in [9.17, 15) is 5.11 Å². The average Bonchev–Trinajstić information content (AvgIpc) is 3.00. The molecule has 2 aromatic carbocycles. The van der Waals surface area contributed by atoms with Crippen molar-refractivity contribution < 1.29 is 14.3 Å². The van der Waals surface area contributed by atoms with E-state index < -0.39 is 6.10 Å². The highest BCUT2D eigenvalue weighted by atomic mass is 16.5. The average molecular weight is 312 g/mol. The molecule has 0 unspecified atom stereocenters. The topological polar surface area (TPSA) is 29.5 Å². The third kappa shape index (κ3) is 4.34. The highest BCUT2D eigenvalue weighted by Crippen LogP contribution is 2.22. The van der Waals surface area contributed by atoms with Gasteiger partial charge in [0.25, 0.3) is 0 Å². The van der Waals surface area contributed by atoms with Crippen molar-refractivity contribution in [2.75, 3.05) is 33.3 Å². The number of likely N-dealkylation sites (tertiary alicyclic amines) is 1. The molecule has 122 valence electrons. The zero-order chi connectivity index (χ0) is 16.1. The molecule has 1 heterocycles. The summed E-state index contributed by atoms with van der Waals surface area (Å²) in [4.78, 5) is 0. The molecule has 0 aliphatic carbocycles. The molecule has 0 amide bonds. The molecule has 1 saturated heterocycles. The number of likely N-dealkylation sites (N-methyl/N-ethyl adjacent to an activating group) is 1. The van der Waals surface area contributed by atoms with Crippen molar-refractivity contribution in [3.05, 3.63) is 54.6 Å². The molecule has 1 N–H and O–H groups in total. The number of hydrogen-bond acceptors (Lipinski definition) is 2. The highest BCUT2D eigenvalue weighted by Gasteiger charge is 2.29. The number of rotatable bonds is 6. The van der Waals surface area contributed by atoms with Gasteiger partial charge in [-0.15, -0.1) is 0 Å². The second-order valence-electron chi connectivity index (χ2n) is 6.81. The van der Waals surface area contributed by atoms with E-state index in [2.05, 4.69) is 31.3 Å². The summed E-state index contributed by atoms with van der Waals surface area (Å²) in [5.74, 6) is 0.813. The van der Waals surface area contributed by atoms with E-state index in [1.165, 1.54) is 37.1 Å². The maximum Gasteiger partial charge on any atom is 0.137 e. The van der Waals surface area contributed by atoms with E-state index in [0.717, 1.165) is 16.8 Å². The van der Waals surface area contributed by atoms with Gasteiger partial charge in [0.1, 0.15) is 25.0 Å². The first-order valence-electron chi connectivity index (χ1n) is 8.45. The summed E-state index contributed by atoms with van der Waals surface area (Å²) in [6, 6.07) is 18.4. The minimum Gasteiger partial charge on any atom is -0.491 e. The molecule has 1 aliphatic heterocycles. The third-order valence-electron chi connectivity index (χ3n) is 4.70. The molecule has 0 spiro atoms. The third-order valence-corrected chi connectivity index (χ3v) is 4.70. The van der Waals surface area contributed by atoms with E-state index in [1.54, 1.807) is 0 Å². The lowest BCUT2D eigenvalue weighted by atomic mass is 10.1. The normalized spacial score (nSPS) is 17.8. The van der Waals surface area contributed by atoms with Crippen LogP contribution in [0.5, 0.6) is 5.75 Å². The SMILES string of the molecule is C[N+]1(C[C@@H](O)COc2ccc(-c3ccccc3)cc2)CCCC1. The molecule has 1 atom stereocenters. The van der Waals surface area contributed by atoms with Gasteiger partial charge in [0.15, 0.2) is 0 Å². The van der Waals surface area contributed by atoms with Crippen LogP contribution in [0.2, 0.25) is 0 Å². The minimum atomic E-state index is -0.410. The standard InChI is InChI=1S/C20H26NO2/c1-21(13-5-6-14-21)15-19(22)16-23-20-11-9-18(10-12-20)17-7-3-2-4-8-17/h2-4,7-12,19,22H,5-6,13-16H2,1H3/q+1/t19-/m1/s1. The molecule has 0 aromatic heterocycles. The van der Waals surface area contributed by atoms with Crippen LogP contribution in [0.25, 0.3) is 11.1 Å². The van der Waals surface area contributed by atoms with Gasteiger partial charge < -0.3 is 14.3 Å². The van der Waals surface area contributed by atoms with Gasteiger partial charge in [-0.05, 0) is 23.3 Å². The Kier molecular flexibility index (Phi) is 4.99. The largest absolute Gasteiger partial charge is 0.491 e. The highest BCUT2D eigenvalue weighted by molar-refractivity contribution is 5.63. The molecule has 3 heteroatoms. The van der Waals surface area contributed by atoms with Crippen LogP contribution in [-0.4, -0.2) is 49.0 Å². The Bertz CT molecular complexity index is 603. The van der Waals surface area contributed by atoms with Gasteiger partial charge in [0.05, 0.1) is 20.1 Å². The molecule has 2 aromatic rings. The molecule has 1 aliphatic rings. The summed E-state index contributed by atoms with van der Waals surface area (Å²) in [6.07, 6.45) is 2.13. The number of ether oxygens (including phenoxy) is 1. The quantitative estimate of drug-likeness (QED) is 0.829. The first-order valence-corrected chi connectivity index (χ1v) is 8.45. The van der Waals surface area contributed by atoms with E-state index in [1.807, 2.05) is 30.3 Å². The van der Waals surface area contributed by atoms with Gasteiger partial charge in [-0.2, -0.15) is 0 Å². The summed E-state index contributed by atoms with van der Waals surface area (Å²) in [5.41, 5.74) is 2.37. The van der Waals surface area contributed by atoms with E-state index >= 15 is 0 Å². The minimum absolute atomic E-state index is 0.360. The van der Waals surface area contributed by atoms with Gasteiger partial charge in [-0.25, -0.2) is 0 Å². The monoisotopic (exact) mass is 312 g/mol. The van der Waals surface area contributed by atoms with Crippen molar-refractivity contribution in [3.8, 4) is 16.9 Å². The van der Waals surface area contributed by atoms with E-state index in [4.69, 9.17) is 4.74 Å². The van der Waals surface area contributed by atoms with Crippen molar-refractivity contribution >= 4 is 0 Å². The lowest BCUT2D eigenvalue weighted by molar-refractivity contribution is -0.900. The molecular formula is C20H26NO2+. The number of quaternary nitrogens is 1. The molecule has 23 heavy (non-hydrogen) atoms. The Hall–Kier alpha value is -1.84. The number of aliphatic hydroxyl groups excluding tert-OH is 1. The van der Waals surface area contributed by atoms with Gasteiger partial charge in [-0.1, -0.05) is 42.5 Å². The van der Waals surface area contributed by atoms with Gasteiger partial charge in [-0.3, -0.25) is 0 Å². The molecule has 0 saturated carbocycles. The molecular weight excluding hydrogens is 286 g/mol. The zero-order valence-corrected chi connectivity index (χ0v) is 13.8. The predicted molar refractivity (Wildman–Crippen MR) is 93.4 cm³/mol. The van der Waals surface area contributed by atoms with Crippen LogP contribution in [0.3, 0.4) is 0 Å². The van der Waals surface area contributed by atoms with Crippen LogP contribution in [0.1, 0.15) is 12.8 Å². The summed E-state index contributed by atoms with van der Waals surface area (Å²) in [6.45, 7) is 3.48. The lowest BCUT2D eigenvalue weighted by Crippen LogP contribution is -2.47. The van der Waals surface area contributed by atoms with Crippen LogP contribution in [0, 0.1) is 0 Å². The number of aliphatic hydroxyl groups is 1. The fraction of sp³-hybridized carbons (Fsp3) is 0.400. The Morgan fingerprint density at radius 3 is 2.22 bits per heavy atom. The fourth-order valence-electron chi connectivity index (χ4n) is 3.41. The number of nitrogens with zero attached hydrogens (tertiary/aromatic N) is 1. The second kappa shape index (κ2) is 7.16. The van der Waals surface area contributed by atoms with Gasteiger partial charge >= 0.3 is 0 Å². The Morgan fingerprint density at radius 1 is 0.957 bits per heavy atom. The Balaban J connectivity index is 1.52. The van der Waals surface area contributed by atoms with Crippen molar-refractivity contribution in [2.24, 2.45) is 0 Å². The summed E-state index contributed by atoms with van der Waals surface area (Å²) in [7, 11) is 2.23. The van der Waals surface area contributed by atoms with E-state index in [0.29, 0.717) is 6.61 Å². The van der Waals surface area contributed by atoms with Gasteiger partial charge in [0, 0.05) is 12.8 Å². The summed E-state index contributed by atoms with van der Waals surface area (Å²) < 4.78 is 6.72. The second-order valence-corrected chi connectivity index (χ2v) is 6.81. The first-order chi connectivity index (χ1) is 11.1. The molecule has 0 radical (unpaired) electrons. The van der Waals surface area contributed by atoms with Crippen LogP contribution in [0.4, 0.5) is 0 Å².